The molecule has 7 heteroatoms. The summed E-state index contributed by atoms with van der Waals surface area (Å²) in [5.74, 6) is 0.707. The summed E-state index contributed by atoms with van der Waals surface area (Å²) in [7, 11) is 0. The number of aromatic nitrogens is 1. The lowest BCUT2D eigenvalue weighted by Gasteiger charge is -2.04. The first-order valence-electron chi connectivity index (χ1n) is 4.74. The van der Waals surface area contributed by atoms with Crippen molar-refractivity contribution in [2.75, 3.05) is 5.32 Å². The molecule has 6 nitrogen and oxygen atoms in total. The Morgan fingerprint density at radius 2 is 2.29 bits per heavy atom. The largest absolute Gasteiger partial charge is 0.378 e. The Bertz CT molecular complexity index is 528. The van der Waals surface area contributed by atoms with E-state index in [0.29, 0.717) is 15.9 Å². The Morgan fingerprint density at radius 1 is 1.47 bits per heavy atom. The molecule has 0 atom stereocenters. The summed E-state index contributed by atoms with van der Waals surface area (Å²) < 4.78 is 5.52. The lowest BCUT2D eigenvalue weighted by Crippen LogP contribution is -1.99. The molecule has 88 valence electrons. The molecule has 0 aliphatic carbocycles. The molecule has 2 aromatic rings. The van der Waals surface area contributed by atoms with Crippen molar-refractivity contribution >= 4 is 34.0 Å². The second-order valence-corrected chi connectivity index (χ2v) is 4.42. The Kier molecular flexibility index (Phi) is 3.57. The molecular weight excluding hydrogens is 337 g/mol. The predicted molar refractivity (Wildman–Crippen MR) is 69.6 cm³/mol. The molecular formula is C10H8IN3O3. The van der Waals surface area contributed by atoms with Crippen LogP contribution in [0.4, 0.5) is 11.4 Å². The summed E-state index contributed by atoms with van der Waals surface area (Å²) in [5, 5.41) is 17.3. The minimum Gasteiger partial charge on any atom is -0.378 e. The van der Waals surface area contributed by atoms with Crippen molar-refractivity contribution in [2.45, 2.75) is 6.54 Å². The van der Waals surface area contributed by atoms with Crippen LogP contribution >= 0.6 is 22.6 Å². The summed E-state index contributed by atoms with van der Waals surface area (Å²) in [6, 6.07) is 6.61. The highest BCUT2D eigenvalue weighted by molar-refractivity contribution is 14.1. The number of hydrogen-bond donors (Lipinski definition) is 1. The van der Waals surface area contributed by atoms with Gasteiger partial charge in [0.05, 0.1) is 21.2 Å². The molecule has 0 radical (unpaired) electrons. The maximum absolute atomic E-state index is 10.6. The van der Waals surface area contributed by atoms with Crippen molar-refractivity contribution in [3.8, 4) is 0 Å². The van der Waals surface area contributed by atoms with E-state index in [1.807, 2.05) is 22.6 Å². The second kappa shape index (κ2) is 5.13. The number of nitro groups is 1. The lowest BCUT2D eigenvalue weighted by atomic mass is 10.3. The van der Waals surface area contributed by atoms with Crippen molar-refractivity contribution in [2.24, 2.45) is 0 Å². The molecule has 0 saturated carbocycles. The predicted octanol–water partition coefficient (Wildman–Crippen LogP) is 2.80. The van der Waals surface area contributed by atoms with Crippen LogP contribution < -0.4 is 5.32 Å². The monoisotopic (exact) mass is 345 g/mol. The summed E-state index contributed by atoms with van der Waals surface area (Å²) >= 11 is 1.94. The molecule has 2 rings (SSSR count). The van der Waals surface area contributed by atoms with E-state index in [1.165, 1.54) is 6.07 Å². The number of anilines is 1. The highest BCUT2D eigenvalue weighted by Crippen LogP contribution is 2.24. The molecule has 1 aromatic carbocycles. The van der Waals surface area contributed by atoms with Gasteiger partial charge in [-0.05, 0) is 34.7 Å². The highest BCUT2D eigenvalue weighted by Gasteiger charge is 2.11. The summed E-state index contributed by atoms with van der Waals surface area (Å²) in [6.07, 6.45) is 1.57. The molecule has 0 saturated heterocycles. The smallest absolute Gasteiger partial charge is 0.282 e. The minimum absolute atomic E-state index is 0.107. The van der Waals surface area contributed by atoms with Crippen LogP contribution in [0.15, 0.2) is 35.0 Å². The van der Waals surface area contributed by atoms with Gasteiger partial charge in [-0.1, -0.05) is 5.16 Å². The molecule has 0 fully saturated rings. The third-order valence-electron chi connectivity index (χ3n) is 2.10. The number of benzene rings is 1. The van der Waals surface area contributed by atoms with Crippen LogP contribution in [0.3, 0.4) is 0 Å². The Balaban J connectivity index is 2.07. The molecule has 0 aliphatic rings. The fourth-order valence-electron chi connectivity index (χ4n) is 1.29. The van der Waals surface area contributed by atoms with Gasteiger partial charge in [-0.15, -0.1) is 0 Å². The van der Waals surface area contributed by atoms with Gasteiger partial charge < -0.3 is 9.84 Å². The van der Waals surface area contributed by atoms with Gasteiger partial charge >= 0.3 is 0 Å². The van der Waals surface area contributed by atoms with Crippen LogP contribution in [-0.4, -0.2) is 10.1 Å². The van der Waals surface area contributed by atoms with Crippen LogP contribution in [-0.2, 0) is 6.54 Å². The van der Waals surface area contributed by atoms with Crippen LogP contribution in [0.5, 0.6) is 0 Å². The Labute approximate surface area is 110 Å². The van der Waals surface area contributed by atoms with Crippen molar-refractivity contribution in [3.05, 3.63) is 49.9 Å². The topological polar surface area (TPSA) is 81.2 Å². The van der Waals surface area contributed by atoms with Gasteiger partial charge in [0.25, 0.3) is 5.69 Å². The van der Waals surface area contributed by atoms with E-state index in [4.69, 9.17) is 4.52 Å². The first kappa shape index (κ1) is 11.8. The lowest BCUT2D eigenvalue weighted by molar-refractivity contribution is -0.385. The van der Waals surface area contributed by atoms with E-state index in [1.54, 1.807) is 24.4 Å². The van der Waals surface area contributed by atoms with E-state index < -0.39 is 4.92 Å². The number of hydrogen-bond acceptors (Lipinski definition) is 5. The average Bonchev–Trinajstić information content (AvgIpc) is 2.78. The quantitative estimate of drug-likeness (QED) is 0.524. The fraction of sp³-hybridized carbons (Fsp3) is 0.100. The number of rotatable bonds is 4. The SMILES string of the molecule is O=[N+]([O-])c1ccc(NCc2ccno2)cc1I. The molecule has 0 unspecified atom stereocenters. The fourth-order valence-corrected chi connectivity index (χ4v) is 2.00. The summed E-state index contributed by atoms with van der Waals surface area (Å²) in [4.78, 5) is 10.2. The zero-order chi connectivity index (χ0) is 12.3. The van der Waals surface area contributed by atoms with Crippen LogP contribution in [0, 0.1) is 13.7 Å². The first-order valence-corrected chi connectivity index (χ1v) is 5.82. The highest BCUT2D eigenvalue weighted by atomic mass is 127. The van der Waals surface area contributed by atoms with E-state index in [0.717, 1.165) is 5.69 Å². The summed E-state index contributed by atoms with van der Waals surface area (Å²) in [6.45, 7) is 0.494. The maximum atomic E-state index is 10.6. The average molecular weight is 345 g/mol. The molecule has 0 amide bonds. The van der Waals surface area contributed by atoms with E-state index in [9.17, 15) is 10.1 Å². The molecule has 1 aromatic heterocycles. The van der Waals surface area contributed by atoms with Crippen molar-refractivity contribution in [3.63, 3.8) is 0 Å². The van der Waals surface area contributed by atoms with Crippen molar-refractivity contribution in [1.82, 2.24) is 5.16 Å². The Hall–Kier alpha value is -1.64. The molecule has 0 bridgehead atoms. The summed E-state index contributed by atoms with van der Waals surface area (Å²) in [5.41, 5.74) is 0.909. The molecule has 1 heterocycles. The third-order valence-corrected chi connectivity index (χ3v) is 2.97. The molecule has 0 spiro atoms. The van der Waals surface area contributed by atoms with Crippen LogP contribution in [0.1, 0.15) is 5.76 Å². The van der Waals surface area contributed by atoms with Gasteiger partial charge in [0, 0.05) is 17.8 Å². The van der Waals surface area contributed by atoms with Crippen molar-refractivity contribution < 1.29 is 9.45 Å². The number of nitrogens with one attached hydrogen (secondary N) is 1. The molecule has 17 heavy (non-hydrogen) atoms. The molecule has 0 aliphatic heterocycles. The zero-order valence-electron chi connectivity index (χ0n) is 8.59. The number of nitrogens with zero attached hydrogens (tertiary/aromatic N) is 2. The first-order chi connectivity index (χ1) is 8.16. The van der Waals surface area contributed by atoms with Crippen molar-refractivity contribution in [1.29, 1.82) is 0 Å². The number of nitro benzene ring substituents is 1. The minimum atomic E-state index is -0.401. The third kappa shape index (κ3) is 2.93. The second-order valence-electron chi connectivity index (χ2n) is 3.26. The zero-order valence-corrected chi connectivity index (χ0v) is 10.7. The maximum Gasteiger partial charge on any atom is 0.282 e. The van der Waals surface area contributed by atoms with Crippen LogP contribution in [0.25, 0.3) is 0 Å². The van der Waals surface area contributed by atoms with Gasteiger partial charge in [-0.25, -0.2) is 0 Å². The van der Waals surface area contributed by atoms with Crippen LogP contribution in [0.2, 0.25) is 0 Å². The van der Waals surface area contributed by atoms with Gasteiger partial charge in [-0.3, -0.25) is 10.1 Å². The van der Waals surface area contributed by atoms with Gasteiger partial charge in [0.1, 0.15) is 0 Å². The van der Waals surface area contributed by atoms with Gasteiger partial charge in [0.2, 0.25) is 0 Å². The van der Waals surface area contributed by atoms with Gasteiger partial charge in [0.15, 0.2) is 5.76 Å². The normalized spacial score (nSPS) is 10.2. The van der Waals surface area contributed by atoms with E-state index in [2.05, 4.69) is 10.5 Å². The number of halogens is 1. The van der Waals surface area contributed by atoms with E-state index >= 15 is 0 Å². The standard InChI is InChI=1S/C10H8IN3O3/c11-9-5-7(1-2-10(9)14(15)16)12-6-8-3-4-13-17-8/h1-5,12H,6H2. The Morgan fingerprint density at radius 3 is 2.88 bits per heavy atom. The van der Waals surface area contributed by atoms with Gasteiger partial charge in [-0.2, -0.15) is 0 Å². The van der Waals surface area contributed by atoms with E-state index in [-0.39, 0.29) is 5.69 Å². The molecule has 1 N–H and O–H groups in total.